The number of amides is 1. The molecule has 0 spiro atoms. The van der Waals surface area contributed by atoms with Crippen LogP contribution in [0.4, 0.5) is 36.2 Å². The van der Waals surface area contributed by atoms with E-state index in [0.717, 1.165) is 6.20 Å². The van der Waals surface area contributed by atoms with Gasteiger partial charge in [-0.25, -0.2) is 15.0 Å². The highest BCUT2D eigenvalue weighted by molar-refractivity contribution is 6.06. The number of hydrogen-bond donors (Lipinski definition) is 2. The van der Waals surface area contributed by atoms with Crippen LogP contribution in [0.2, 0.25) is 0 Å². The lowest BCUT2D eigenvalue weighted by molar-refractivity contribution is -0.137. The number of alkyl halides is 3. The second-order valence-corrected chi connectivity index (χ2v) is 5.95. The number of rotatable bonds is 4. The summed E-state index contributed by atoms with van der Waals surface area (Å²) in [6, 6.07) is 11.1. The van der Waals surface area contributed by atoms with Crippen molar-refractivity contribution in [3.63, 3.8) is 0 Å². The molecule has 4 rings (SSSR count). The third-order valence-corrected chi connectivity index (χ3v) is 3.95. The van der Waals surface area contributed by atoms with Gasteiger partial charge in [0.15, 0.2) is 0 Å². The summed E-state index contributed by atoms with van der Waals surface area (Å²) in [5, 5.41) is 6.80. The van der Waals surface area contributed by atoms with Gasteiger partial charge in [-0.2, -0.15) is 13.2 Å². The Morgan fingerprint density at radius 2 is 1.79 bits per heavy atom. The molecule has 0 saturated heterocycles. The van der Waals surface area contributed by atoms with Gasteiger partial charge in [-0.1, -0.05) is 6.07 Å². The predicted molar refractivity (Wildman–Crippen MR) is 96.7 cm³/mol. The lowest BCUT2D eigenvalue weighted by Crippen LogP contribution is -2.21. The number of aromatic nitrogens is 2. The summed E-state index contributed by atoms with van der Waals surface area (Å²) in [5.41, 5.74) is -0.520. The molecule has 1 amide bonds. The Hall–Kier alpha value is -3.75. The topological polar surface area (TPSA) is 79.3 Å². The lowest BCUT2D eigenvalue weighted by Gasteiger charge is -2.15. The third-order valence-electron chi connectivity index (χ3n) is 3.95. The summed E-state index contributed by atoms with van der Waals surface area (Å²) in [4.78, 5) is 23.0. The average molecular weight is 383 g/mol. The fraction of sp³-hybridized carbons (Fsp3) is 0.0526. The second kappa shape index (κ2) is 6.76. The van der Waals surface area contributed by atoms with Gasteiger partial charge in [0.1, 0.15) is 11.6 Å². The summed E-state index contributed by atoms with van der Waals surface area (Å²) in [6.07, 6.45) is -0.961. The van der Waals surface area contributed by atoms with Crippen LogP contribution >= 0.6 is 0 Å². The fourth-order valence-corrected chi connectivity index (χ4v) is 2.71. The first kappa shape index (κ1) is 17.7. The number of carbonyl (C=O) groups excluding carboxylic acids is 1. The van der Waals surface area contributed by atoms with Crippen LogP contribution in [0.25, 0.3) is 6.08 Å². The van der Waals surface area contributed by atoms with Crippen molar-refractivity contribution in [1.82, 2.24) is 9.97 Å². The quantitative estimate of drug-likeness (QED) is 0.724. The Kier molecular flexibility index (Phi) is 4.26. The molecule has 28 heavy (non-hydrogen) atoms. The number of pyridine rings is 2. The first-order chi connectivity index (χ1) is 13.4. The van der Waals surface area contributed by atoms with Crippen molar-refractivity contribution in [2.75, 3.05) is 10.6 Å². The standard InChI is InChI=1S/C19H12F3N5O/c20-19(21,22)13-10-24-17(9-15(13)26-16-3-1-2-6-23-16)25-12-4-5-14-11(7-12)8-18(28)27-14/h1-10H,(H2,23,24,25,26). The second-order valence-electron chi connectivity index (χ2n) is 5.95. The molecule has 0 atom stereocenters. The zero-order valence-electron chi connectivity index (χ0n) is 14.2. The molecule has 9 heteroatoms. The number of hydrogen-bond acceptors (Lipinski definition) is 5. The Balaban J connectivity index is 1.68. The largest absolute Gasteiger partial charge is 0.419 e. The summed E-state index contributed by atoms with van der Waals surface area (Å²) in [6.45, 7) is 0. The highest BCUT2D eigenvalue weighted by Gasteiger charge is 2.34. The van der Waals surface area contributed by atoms with Crippen LogP contribution in [0.3, 0.4) is 0 Å². The van der Waals surface area contributed by atoms with Crippen molar-refractivity contribution in [3.05, 3.63) is 71.0 Å². The fourth-order valence-electron chi connectivity index (χ4n) is 2.71. The molecule has 0 bridgehead atoms. The summed E-state index contributed by atoms with van der Waals surface area (Å²) in [7, 11) is 0. The van der Waals surface area contributed by atoms with Crippen LogP contribution in [-0.4, -0.2) is 15.9 Å². The maximum absolute atomic E-state index is 13.3. The normalized spacial score (nSPS) is 12.8. The SMILES string of the molecule is O=C1C=c2cc(Nc3cc(Nc4ccccn4)c(C(F)(F)F)cn3)ccc2=N1. The number of nitrogens with zero attached hydrogens (tertiary/aromatic N) is 3. The van der Waals surface area contributed by atoms with Gasteiger partial charge in [0.25, 0.3) is 5.91 Å². The zero-order chi connectivity index (χ0) is 19.7. The number of carbonyl (C=O) groups is 1. The molecule has 0 unspecified atom stereocenters. The van der Waals surface area contributed by atoms with Crippen molar-refractivity contribution in [1.29, 1.82) is 0 Å². The average Bonchev–Trinajstić information content (AvgIpc) is 3.01. The molecular formula is C19H12F3N5O. The monoisotopic (exact) mass is 383 g/mol. The highest BCUT2D eigenvalue weighted by atomic mass is 19.4. The van der Waals surface area contributed by atoms with E-state index in [0.29, 0.717) is 16.3 Å². The number of benzene rings is 1. The Labute approximate surface area is 156 Å². The minimum absolute atomic E-state index is 0.179. The van der Waals surface area contributed by atoms with E-state index in [1.165, 1.54) is 18.3 Å². The van der Waals surface area contributed by atoms with Gasteiger partial charge in [0, 0.05) is 35.4 Å². The molecule has 6 nitrogen and oxygen atoms in total. The van der Waals surface area contributed by atoms with Gasteiger partial charge < -0.3 is 10.6 Å². The van der Waals surface area contributed by atoms with E-state index in [9.17, 15) is 18.0 Å². The molecule has 0 fully saturated rings. The number of nitrogens with one attached hydrogen (secondary N) is 2. The van der Waals surface area contributed by atoms with Crippen LogP contribution in [0, 0.1) is 0 Å². The minimum atomic E-state index is -4.58. The van der Waals surface area contributed by atoms with Gasteiger partial charge >= 0.3 is 6.18 Å². The Bertz CT molecular complexity index is 1180. The van der Waals surface area contributed by atoms with Crippen LogP contribution in [-0.2, 0) is 11.0 Å². The minimum Gasteiger partial charge on any atom is -0.340 e. The van der Waals surface area contributed by atoms with Crippen molar-refractivity contribution in [3.8, 4) is 0 Å². The number of halogens is 3. The molecule has 140 valence electrons. The van der Waals surface area contributed by atoms with Gasteiger partial charge in [0.05, 0.1) is 16.6 Å². The van der Waals surface area contributed by atoms with Crippen molar-refractivity contribution in [2.45, 2.75) is 6.18 Å². The Morgan fingerprint density at radius 1 is 0.929 bits per heavy atom. The van der Waals surface area contributed by atoms with Gasteiger partial charge in [0.2, 0.25) is 0 Å². The maximum atomic E-state index is 13.3. The van der Waals surface area contributed by atoms with E-state index in [4.69, 9.17) is 0 Å². The molecule has 2 N–H and O–H groups in total. The molecule has 3 aromatic rings. The van der Waals surface area contributed by atoms with Crippen LogP contribution in [0.5, 0.6) is 0 Å². The van der Waals surface area contributed by atoms with Crippen molar-refractivity contribution in [2.24, 2.45) is 4.99 Å². The van der Waals surface area contributed by atoms with E-state index in [1.54, 1.807) is 36.4 Å². The molecule has 1 aliphatic rings. The smallest absolute Gasteiger partial charge is 0.340 e. The van der Waals surface area contributed by atoms with Crippen LogP contribution in [0.15, 0.2) is 59.9 Å². The first-order valence-electron chi connectivity index (χ1n) is 8.15. The van der Waals surface area contributed by atoms with E-state index in [2.05, 4.69) is 25.6 Å². The van der Waals surface area contributed by atoms with E-state index < -0.39 is 11.7 Å². The lowest BCUT2D eigenvalue weighted by atomic mass is 10.2. The molecule has 1 aromatic carbocycles. The Morgan fingerprint density at radius 3 is 2.54 bits per heavy atom. The van der Waals surface area contributed by atoms with Gasteiger partial charge in [-0.15, -0.1) is 0 Å². The van der Waals surface area contributed by atoms with Gasteiger partial charge in [-0.3, -0.25) is 4.79 Å². The van der Waals surface area contributed by atoms with Crippen LogP contribution in [0.1, 0.15) is 5.56 Å². The molecule has 0 aliphatic carbocycles. The molecule has 2 aromatic heterocycles. The zero-order valence-corrected chi connectivity index (χ0v) is 14.2. The predicted octanol–water partition coefficient (Wildman–Crippen LogP) is 2.92. The molecule has 1 aliphatic heterocycles. The summed E-state index contributed by atoms with van der Waals surface area (Å²) >= 11 is 0. The summed E-state index contributed by atoms with van der Waals surface area (Å²) < 4.78 is 40.0. The van der Waals surface area contributed by atoms with Crippen molar-refractivity contribution >= 4 is 35.0 Å². The van der Waals surface area contributed by atoms with E-state index in [-0.39, 0.29) is 23.2 Å². The molecule has 3 heterocycles. The number of anilines is 4. The molecule has 0 saturated carbocycles. The van der Waals surface area contributed by atoms with Gasteiger partial charge in [-0.05, 0) is 30.3 Å². The van der Waals surface area contributed by atoms with E-state index in [1.807, 2.05) is 0 Å². The van der Waals surface area contributed by atoms with E-state index >= 15 is 0 Å². The highest BCUT2D eigenvalue weighted by Crippen LogP contribution is 2.36. The first-order valence-corrected chi connectivity index (χ1v) is 8.15. The molecular weight excluding hydrogens is 371 g/mol. The summed E-state index contributed by atoms with van der Waals surface area (Å²) in [5.74, 6) is 0.131. The van der Waals surface area contributed by atoms with Crippen LogP contribution < -0.4 is 21.2 Å². The third kappa shape index (κ3) is 3.68. The maximum Gasteiger partial charge on any atom is 0.419 e. The number of fused-ring (bicyclic) bond motifs is 1. The molecule has 0 radical (unpaired) electrons. The van der Waals surface area contributed by atoms with Crippen molar-refractivity contribution < 1.29 is 18.0 Å².